The van der Waals surface area contributed by atoms with Crippen LogP contribution in [0.15, 0.2) is 12.1 Å². The number of hydrogen-bond acceptors (Lipinski definition) is 2. The van der Waals surface area contributed by atoms with Crippen LogP contribution in [-0.2, 0) is 0 Å². The van der Waals surface area contributed by atoms with E-state index < -0.39 is 11.6 Å². The minimum absolute atomic E-state index is 0.175. The number of nitrogens with one attached hydrogen (secondary N) is 1. The van der Waals surface area contributed by atoms with Crippen LogP contribution >= 0.6 is 12.2 Å². The molecule has 20 heavy (non-hydrogen) atoms. The van der Waals surface area contributed by atoms with Gasteiger partial charge in [-0.1, -0.05) is 6.92 Å². The van der Waals surface area contributed by atoms with Crippen LogP contribution in [0.5, 0.6) is 0 Å². The van der Waals surface area contributed by atoms with Crippen molar-refractivity contribution in [2.24, 2.45) is 5.92 Å². The normalized spacial score (nSPS) is 24.4. The van der Waals surface area contributed by atoms with Gasteiger partial charge in [0.1, 0.15) is 11.3 Å². The smallest absolute Gasteiger partial charge is 0.178 e. The van der Waals surface area contributed by atoms with Crippen molar-refractivity contribution in [3.8, 4) is 0 Å². The number of fused-ring (bicyclic) bond motifs is 1. The Morgan fingerprint density at radius 3 is 2.80 bits per heavy atom. The maximum atomic E-state index is 13.8. The fourth-order valence-corrected chi connectivity index (χ4v) is 3.54. The van der Waals surface area contributed by atoms with Crippen LogP contribution in [0.1, 0.15) is 19.4 Å². The molecule has 1 aliphatic heterocycles. The molecule has 3 nitrogen and oxygen atoms in total. The van der Waals surface area contributed by atoms with E-state index >= 15 is 0 Å². The molecule has 1 fully saturated rings. The van der Waals surface area contributed by atoms with Gasteiger partial charge in [-0.2, -0.15) is 0 Å². The molecule has 2 atom stereocenters. The summed E-state index contributed by atoms with van der Waals surface area (Å²) < 4.78 is 29.7. The lowest BCUT2D eigenvalue weighted by atomic mass is 9.94. The van der Waals surface area contributed by atoms with E-state index in [-0.39, 0.29) is 6.04 Å². The zero-order valence-corrected chi connectivity index (χ0v) is 12.3. The quantitative estimate of drug-likeness (QED) is 0.815. The summed E-state index contributed by atoms with van der Waals surface area (Å²) in [5.74, 6) is -0.783. The van der Waals surface area contributed by atoms with E-state index in [1.165, 1.54) is 6.07 Å². The number of rotatable bonds is 1. The Balaban J connectivity index is 2.16. The molecule has 108 valence electrons. The topological polar surface area (TPSA) is 24.0 Å². The third-order valence-electron chi connectivity index (χ3n) is 4.14. The van der Waals surface area contributed by atoms with Gasteiger partial charge in [0.2, 0.25) is 0 Å². The van der Waals surface area contributed by atoms with Gasteiger partial charge in [-0.25, -0.2) is 8.78 Å². The molecule has 0 aliphatic carbocycles. The van der Waals surface area contributed by atoms with Gasteiger partial charge < -0.3 is 14.5 Å². The molecule has 0 bridgehead atoms. The molecule has 1 aromatic carbocycles. The second-order valence-corrected chi connectivity index (χ2v) is 6.06. The third kappa shape index (κ3) is 2.16. The number of aromatic nitrogens is 2. The monoisotopic (exact) mass is 297 g/mol. The molecule has 0 saturated carbocycles. The molecule has 1 aliphatic rings. The number of H-pyrrole nitrogens is 1. The van der Waals surface area contributed by atoms with E-state index in [0.717, 1.165) is 25.6 Å². The van der Waals surface area contributed by atoms with Crippen LogP contribution in [-0.4, -0.2) is 34.6 Å². The number of halogens is 2. The second-order valence-electron chi connectivity index (χ2n) is 5.68. The van der Waals surface area contributed by atoms with Crippen molar-refractivity contribution in [2.75, 3.05) is 20.1 Å². The third-order valence-corrected chi connectivity index (χ3v) is 4.44. The molecule has 2 aromatic rings. The molecular weight excluding hydrogens is 280 g/mol. The highest BCUT2D eigenvalue weighted by Gasteiger charge is 2.28. The first kappa shape index (κ1) is 13.7. The Kier molecular flexibility index (Phi) is 3.38. The van der Waals surface area contributed by atoms with E-state index in [4.69, 9.17) is 12.2 Å². The van der Waals surface area contributed by atoms with Crippen LogP contribution in [0.3, 0.4) is 0 Å². The van der Waals surface area contributed by atoms with Crippen LogP contribution in [0.25, 0.3) is 11.0 Å². The molecule has 1 N–H and O–H groups in total. The first-order valence-corrected chi connectivity index (χ1v) is 7.16. The average molecular weight is 297 g/mol. The van der Waals surface area contributed by atoms with E-state index in [1.54, 1.807) is 0 Å². The van der Waals surface area contributed by atoms with Crippen LogP contribution in [0, 0.1) is 22.3 Å². The van der Waals surface area contributed by atoms with Crippen molar-refractivity contribution in [1.29, 1.82) is 0 Å². The predicted molar refractivity (Wildman–Crippen MR) is 77.4 cm³/mol. The lowest BCUT2D eigenvalue weighted by Gasteiger charge is -2.35. The number of piperidine rings is 1. The van der Waals surface area contributed by atoms with E-state index in [9.17, 15) is 8.78 Å². The van der Waals surface area contributed by atoms with Gasteiger partial charge in [-0.15, -0.1) is 0 Å². The minimum atomic E-state index is -0.592. The Morgan fingerprint density at radius 2 is 2.10 bits per heavy atom. The van der Waals surface area contributed by atoms with Crippen LogP contribution in [0.4, 0.5) is 8.78 Å². The van der Waals surface area contributed by atoms with Gasteiger partial charge in [-0.3, -0.25) is 0 Å². The van der Waals surface area contributed by atoms with Crippen molar-refractivity contribution in [3.05, 3.63) is 28.5 Å². The lowest BCUT2D eigenvalue weighted by molar-refractivity contribution is 0.160. The lowest BCUT2D eigenvalue weighted by Crippen LogP contribution is -2.37. The largest absolute Gasteiger partial charge is 0.328 e. The van der Waals surface area contributed by atoms with Crippen molar-refractivity contribution >= 4 is 23.3 Å². The van der Waals surface area contributed by atoms with Gasteiger partial charge >= 0.3 is 0 Å². The highest BCUT2D eigenvalue weighted by atomic mass is 32.1. The molecule has 1 saturated heterocycles. The predicted octanol–water partition coefficient (Wildman–Crippen LogP) is 3.49. The van der Waals surface area contributed by atoms with E-state index in [2.05, 4.69) is 23.9 Å². The second kappa shape index (κ2) is 4.93. The van der Waals surface area contributed by atoms with Crippen molar-refractivity contribution in [2.45, 2.75) is 19.4 Å². The summed E-state index contributed by atoms with van der Waals surface area (Å²) in [4.78, 5) is 5.14. The fourth-order valence-electron chi connectivity index (χ4n) is 3.20. The summed E-state index contributed by atoms with van der Waals surface area (Å²) in [5, 5.41) is 0. The van der Waals surface area contributed by atoms with Crippen molar-refractivity contribution in [3.63, 3.8) is 0 Å². The summed E-state index contributed by atoms with van der Waals surface area (Å²) in [6.07, 6.45) is 0.928. The summed E-state index contributed by atoms with van der Waals surface area (Å²) in [5.41, 5.74) is 0.816. The van der Waals surface area contributed by atoms with Crippen LogP contribution in [0.2, 0.25) is 0 Å². The minimum Gasteiger partial charge on any atom is -0.328 e. The number of imidazole rings is 1. The van der Waals surface area contributed by atoms with Crippen molar-refractivity contribution < 1.29 is 8.78 Å². The SMILES string of the molecule is CC1CN(C)CCC1n1c(=S)[nH]c2c(F)cc(F)cc21. The molecule has 6 heteroatoms. The molecule has 3 rings (SSSR count). The zero-order chi connectivity index (χ0) is 14.4. The summed E-state index contributed by atoms with van der Waals surface area (Å²) in [7, 11) is 2.08. The summed E-state index contributed by atoms with van der Waals surface area (Å²) in [6.45, 7) is 4.06. The molecule has 2 heterocycles. The maximum Gasteiger partial charge on any atom is 0.178 e. The molecule has 1 aromatic heterocycles. The molecule has 0 radical (unpaired) electrons. The first-order chi connectivity index (χ1) is 9.47. The Labute approximate surface area is 121 Å². The first-order valence-electron chi connectivity index (χ1n) is 6.75. The highest BCUT2D eigenvalue weighted by molar-refractivity contribution is 7.71. The number of likely N-dealkylation sites (tertiary alicyclic amines) is 1. The highest BCUT2D eigenvalue weighted by Crippen LogP contribution is 2.32. The van der Waals surface area contributed by atoms with Gasteiger partial charge in [0, 0.05) is 18.7 Å². The molecule has 0 spiro atoms. The molecular formula is C14H17F2N3S. The van der Waals surface area contributed by atoms with E-state index in [1.807, 2.05) is 4.57 Å². The number of hydrogen-bond donors (Lipinski definition) is 1. The fraction of sp³-hybridized carbons (Fsp3) is 0.500. The number of aromatic amines is 1. The van der Waals surface area contributed by atoms with Gasteiger partial charge in [0.25, 0.3) is 0 Å². The molecule has 2 unspecified atom stereocenters. The Bertz CT molecular complexity index is 706. The van der Waals surface area contributed by atoms with E-state index in [0.29, 0.717) is 21.7 Å². The van der Waals surface area contributed by atoms with Gasteiger partial charge in [0.15, 0.2) is 10.6 Å². The Morgan fingerprint density at radius 1 is 1.35 bits per heavy atom. The van der Waals surface area contributed by atoms with Gasteiger partial charge in [-0.05, 0) is 44.2 Å². The number of benzene rings is 1. The zero-order valence-electron chi connectivity index (χ0n) is 11.5. The number of nitrogens with zero attached hydrogens (tertiary/aromatic N) is 2. The summed E-state index contributed by atoms with van der Waals surface area (Å²) >= 11 is 5.32. The standard InChI is InChI=1S/C14H17F2N3S/c1-8-7-18(2)4-3-11(8)19-12-6-9(15)5-10(16)13(12)17-14(19)20/h5-6,8,11H,3-4,7H2,1-2H3,(H,17,20). The average Bonchev–Trinajstić information content (AvgIpc) is 2.67. The van der Waals surface area contributed by atoms with Crippen molar-refractivity contribution in [1.82, 2.24) is 14.5 Å². The van der Waals surface area contributed by atoms with Crippen LogP contribution < -0.4 is 0 Å². The summed E-state index contributed by atoms with van der Waals surface area (Å²) in [6, 6.07) is 2.42. The maximum absolute atomic E-state index is 13.8. The molecule has 0 amide bonds. The van der Waals surface area contributed by atoms with Gasteiger partial charge in [0.05, 0.1) is 5.52 Å². The Hall–Kier alpha value is -1.27.